The molecule has 36 heavy (non-hydrogen) atoms. The number of hydrazone groups is 1. The van der Waals surface area contributed by atoms with Gasteiger partial charge in [0.2, 0.25) is 0 Å². The molecule has 0 unspecified atom stereocenters. The minimum absolute atomic E-state index is 0.178. The number of para-hydroxylation sites is 1. The van der Waals surface area contributed by atoms with Crippen molar-refractivity contribution >= 4 is 39.9 Å². The average molecular weight is 487 g/mol. The number of amides is 2. The summed E-state index contributed by atoms with van der Waals surface area (Å²) in [6.07, 6.45) is 3.01. The van der Waals surface area contributed by atoms with Crippen LogP contribution >= 0.6 is 0 Å². The Bertz CT molecular complexity index is 1390. The molecule has 8 nitrogen and oxygen atoms in total. The molecule has 0 aliphatic carbocycles. The lowest BCUT2D eigenvalue weighted by Gasteiger charge is -2.17. The number of aromatic nitrogens is 1. The zero-order chi connectivity index (χ0) is 25.5. The zero-order valence-electron chi connectivity index (χ0n) is 20.6. The average Bonchev–Trinajstić information content (AvgIpc) is 3.29. The first-order valence-electron chi connectivity index (χ1n) is 11.8. The van der Waals surface area contributed by atoms with Gasteiger partial charge in [0.1, 0.15) is 11.8 Å². The van der Waals surface area contributed by atoms with E-state index in [0.717, 1.165) is 32.8 Å². The van der Waals surface area contributed by atoms with Gasteiger partial charge in [-0.1, -0.05) is 62.4 Å². The summed E-state index contributed by atoms with van der Waals surface area (Å²) in [5.74, 6) is 0.353. The van der Waals surface area contributed by atoms with E-state index in [-0.39, 0.29) is 18.9 Å². The van der Waals surface area contributed by atoms with Crippen LogP contribution in [-0.4, -0.2) is 43.0 Å². The van der Waals surface area contributed by atoms with Crippen LogP contribution in [0.1, 0.15) is 25.0 Å². The Labute approximate surface area is 209 Å². The van der Waals surface area contributed by atoms with Gasteiger partial charge in [0, 0.05) is 29.1 Å². The molecule has 4 rings (SSSR count). The minimum Gasteiger partial charge on any atom is -0.496 e. The van der Waals surface area contributed by atoms with Crippen LogP contribution in [0.4, 0.5) is 4.79 Å². The van der Waals surface area contributed by atoms with E-state index in [1.165, 1.54) is 0 Å². The van der Waals surface area contributed by atoms with Crippen molar-refractivity contribution in [2.75, 3.05) is 13.7 Å². The number of rotatable bonds is 9. The number of methoxy groups -OCH3 is 1. The van der Waals surface area contributed by atoms with Crippen LogP contribution < -0.4 is 15.5 Å². The molecular weight excluding hydrogens is 456 g/mol. The first kappa shape index (κ1) is 24.8. The molecule has 3 aromatic carbocycles. The van der Waals surface area contributed by atoms with Gasteiger partial charge in [-0.25, -0.2) is 10.2 Å². The smallest absolute Gasteiger partial charge is 0.407 e. The summed E-state index contributed by atoms with van der Waals surface area (Å²) < 4.78 is 10.7. The molecular formula is C28H30N4O4. The number of carbonyl (C=O) groups is 2. The number of benzene rings is 3. The Morgan fingerprint density at radius 2 is 1.78 bits per heavy atom. The van der Waals surface area contributed by atoms with Crippen LogP contribution in [0.3, 0.4) is 0 Å². The fourth-order valence-corrected chi connectivity index (χ4v) is 3.98. The first-order valence-corrected chi connectivity index (χ1v) is 11.8. The van der Waals surface area contributed by atoms with Gasteiger partial charge in [0.25, 0.3) is 5.91 Å². The maximum Gasteiger partial charge on any atom is 0.407 e. The molecule has 2 amide bonds. The normalized spacial score (nSPS) is 12.2. The number of aromatic amines is 1. The third-order valence-electron chi connectivity index (χ3n) is 5.77. The van der Waals surface area contributed by atoms with Crippen LogP contribution in [0.15, 0.2) is 72.0 Å². The highest BCUT2D eigenvalue weighted by atomic mass is 16.5. The van der Waals surface area contributed by atoms with Gasteiger partial charge in [0.15, 0.2) is 0 Å². The lowest BCUT2D eigenvalue weighted by atomic mass is 10.0. The summed E-state index contributed by atoms with van der Waals surface area (Å²) in [6.45, 7) is 4.14. The predicted octanol–water partition coefficient (Wildman–Crippen LogP) is 4.77. The van der Waals surface area contributed by atoms with E-state index in [9.17, 15) is 9.59 Å². The lowest BCUT2D eigenvalue weighted by molar-refractivity contribution is -0.123. The predicted molar refractivity (Wildman–Crippen MR) is 141 cm³/mol. The third kappa shape index (κ3) is 5.83. The van der Waals surface area contributed by atoms with Crippen molar-refractivity contribution in [3.05, 3.63) is 78.0 Å². The fraction of sp³-hybridized carbons (Fsp3) is 0.250. The van der Waals surface area contributed by atoms with E-state index in [1.807, 2.05) is 80.7 Å². The number of hydrogen-bond donors (Lipinski definition) is 3. The van der Waals surface area contributed by atoms with Crippen LogP contribution in [0.2, 0.25) is 0 Å². The number of hydrogen-bond acceptors (Lipinski definition) is 5. The van der Waals surface area contributed by atoms with Gasteiger partial charge in [-0.15, -0.1) is 0 Å². The summed E-state index contributed by atoms with van der Waals surface area (Å²) in [5.41, 5.74) is 5.17. The second-order valence-electron chi connectivity index (χ2n) is 8.89. The van der Waals surface area contributed by atoms with Crippen LogP contribution in [-0.2, 0) is 16.0 Å². The molecule has 0 aliphatic rings. The van der Waals surface area contributed by atoms with Crippen LogP contribution in [0.5, 0.6) is 5.75 Å². The molecule has 0 saturated heterocycles. The van der Waals surface area contributed by atoms with Crippen molar-refractivity contribution in [2.45, 2.75) is 26.3 Å². The molecule has 4 aromatic rings. The van der Waals surface area contributed by atoms with Crippen molar-refractivity contribution < 1.29 is 19.1 Å². The number of fused-ring (bicyclic) bond motifs is 2. The number of nitrogens with one attached hydrogen (secondary N) is 3. The van der Waals surface area contributed by atoms with Crippen molar-refractivity contribution in [3.8, 4) is 5.75 Å². The van der Waals surface area contributed by atoms with Gasteiger partial charge in [0.05, 0.1) is 19.9 Å². The van der Waals surface area contributed by atoms with Crippen molar-refractivity contribution in [3.63, 3.8) is 0 Å². The molecule has 0 fully saturated rings. The highest BCUT2D eigenvalue weighted by molar-refractivity contribution is 6.02. The standard InChI is InChI=1S/C28H30N4O4/c1-18(2)17-36-28(34)31-25(14-20-15-29-24-11-7-6-10-22(20)24)27(33)32-30-16-23-21-9-5-4-8-19(21)12-13-26(23)35-3/h4-13,15-16,18,25,29H,14,17H2,1-3H3,(H,31,34)(H,32,33)/b30-16-/t25-/m0/s1. The van der Waals surface area contributed by atoms with Crippen LogP contribution in [0.25, 0.3) is 21.7 Å². The molecule has 0 aliphatic heterocycles. The van der Waals surface area contributed by atoms with Crippen molar-refractivity contribution in [2.24, 2.45) is 11.0 Å². The van der Waals surface area contributed by atoms with E-state index in [2.05, 4.69) is 20.8 Å². The molecule has 1 aromatic heterocycles. The Morgan fingerprint density at radius 1 is 1.03 bits per heavy atom. The number of carbonyl (C=O) groups excluding carboxylic acids is 2. The highest BCUT2D eigenvalue weighted by Crippen LogP contribution is 2.26. The second-order valence-corrected chi connectivity index (χ2v) is 8.89. The van der Waals surface area contributed by atoms with Gasteiger partial charge >= 0.3 is 6.09 Å². The fourth-order valence-electron chi connectivity index (χ4n) is 3.98. The molecule has 0 saturated carbocycles. The Kier molecular flexibility index (Phi) is 7.85. The summed E-state index contributed by atoms with van der Waals surface area (Å²) in [4.78, 5) is 28.8. The Balaban J connectivity index is 1.54. The Morgan fingerprint density at radius 3 is 2.56 bits per heavy atom. The van der Waals surface area contributed by atoms with Gasteiger partial charge < -0.3 is 19.8 Å². The summed E-state index contributed by atoms with van der Waals surface area (Å²) in [5, 5.41) is 9.83. The minimum atomic E-state index is -0.893. The lowest BCUT2D eigenvalue weighted by Crippen LogP contribution is -2.47. The van der Waals surface area contributed by atoms with Gasteiger partial charge in [-0.05, 0) is 34.4 Å². The highest BCUT2D eigenvalue weighted by Gasteiger charge is 2.23. The zero-order valence-corrected chi connectivity index (χ0v) is 20.6. The summed E-state index contributed by atoms with van der Waals surface area (Å²) >= 11 is 0. The number of ether oxygens (including phenoxy) is 2. The topological polar surface area (TPSA) is 105 Å². The van der Waals surface area contributed by atoms with E-state index < -0.39 is 18.0 Å². The maximum absolute atomic E-state index is 13.2. The molecule has 0 bridgehead atoms. The van der Waals surface area contributed by atoms with Crippen molar-refractivity contribution in [1.29, 1.82) is 0 Å². The van der Waals surface area contributed by atoms with E-state index in [0.29, 0.717) is 5.75 Å². The first-order chi connectivity index (χ1) is 17.5. The largest absolute Gasteiger partial charge is 0.496 e. The summed E-state index contributed by atoms with van der Waals surface area (Å²) in [6, 6.07) is 18.6. The molecule has 0 radical (unpaired) electrons. The third-order valence-corrected chi connectivity index (χ3v) is 5.77. The van der Waals surface area contributed by atoms with E-state index >= 15 is 0 Å². The van der Waals surface area contributed by atoms with E-state index in [4.69, 9.17) is 9.47 Å². The maximum atomic E-state index is 13.2. The van der Waals surface area contributed by atoms with Gasteiger partial charge in [-0.3, -0.25) is 4.79 Å². The van der Waals surface area contributed by atoms with Gasteiger partial charge in [-0.2, -0.15) is 5.10 Å². The Hall–Kier alpha value is -4.33. The number of nitrogens with zero attached hydrogens (tertiary/aromatic N) is 1. The van der Waals surface area contributed by atoms with Crippen LogP contribution in [0, 0.1) is 5.92 Å². The molecule has 1 atom stereocenters. The molecule has 0 spiro atoms. The number of alkyl carbamates (subject to hydrolysis) is 1. The molecule has 3 N–H and O–H groups in total. The quantitative estimate of drug-likeness (QED) is 0.234. The molecule has 1 heterocycles. The molecule has 186 valence electrons. The van der Waals surface area contributed by atoms with E-state index in [1.54, 1.807) is 13.3 Å². The second kappa shape index (κ2) is 11.4. The van der Waals surface area contributed by atoms with Crippen molar-refractivity contribution in [1.82, 2.24) is 15.7 Å². The SMILES string of the molecule is COc1ccc2ccccc2c1/C=N\NC(=O)[C@H](Cc1c[nH]c2ccccc12)NC(=O)OCC(C)C. The molecule has 8 heteroatoms. The summed E-state index contributed by atoms with van der Waals surface area (Å²) in [7, 11) is 1.59. The monoisotopic (exact) mass is 486 g/mol. The number of H-pyrrole nitrogens is 1.